The number of unbranched alkanes of at least 4 members (excludes halogenated alkanes) is 31. The summed E-state index contributed by atoms with van der Waals surface area (Å²) in [6, 6.07) is 0. The molecule has 18 heteroatoms. The van der Waals surface area contributed by atoms with Crippen molar-refractivity contribution in [3.05, 3.63) is 158 Å². The lowest BCUT2D eigenvalue weighted by Crippen LogP contribution is -2.30. The number of hydrogen-bond donors (Lipinski definition) is 4. The summed E-state index contributed by atoms with van der Waals surface area (Å²) in [5, 5.41) is 20.7. The van der Waals surface area contributed by atoms with Crippen molar-refractivity contribution in [1.82, 2.24) is 0 Å². The lowest BCUT2D eigenvalue weighted by Gasteiger charge is -2.21. The molecule has 5 atom stereocenters. The van der Waals surface area contributed by atoms with E-state index in [1.807, 2.05) is 0 Å². The molecule has 0 aromatic carbocycles. The maximum atomic E-state index is 13.0. The summed E-state index contributed by atoms with van der Waals surface area (Å²) in [7, 11) is -9.81. The molecule has 0 rings (SSSR count). The van der Waals surface area contributed by atoms with Gasteiger partial charge in [-0.15, -0.1) is 0 Å². The van der Waals surface area contributed by atoms with Gasteiger partial charge in [0.15, 0.2) is 6.10 Å². The summed E-state index contributed by atoms with van der Waals surface area (Å²) in [6.45, 7) is 2.51. The van der Waals surface area contributed by atoms with Crippen LogP contribution in [0.2, 0.25) is 0 Å². The SMILES string of the molecule is CC/C=C\C/C=C\C/C=C\C/C=C\C/C=C\C/C=C\CCCCCCCCCCCCC(=O)OCC(O)COP(=O)(O)OCC(O)COP(=O)(O)OCC(COC(=O)CCCCCCCCCCC/C=C\C/C=C\C/C=C\C/C=C\CCCCC)OC(=O)CCCCCCCC/C=C\C/C=C\C/C=C\CCCCC. The van der Waals surface area contributed by atoms with Gasteiger partial charge in [-0.2, -0.15) is 0 Å². The third-order valence-electron chi connectivity index (χ3n) is 17.7. The van der Waals surface area contributed by atoms with E-state index in [1.54, 1.807) is 0 Å². The van der Waals surface area contributed by atoms with E-state index in [-0.39, 0.29) is 19.3 Å². The molecule has 0 saturated carbocycles. The lowest BCUT2D eigenvalue weighted by atomic mass is 10.1. The molecule has 0 heterocycles. The first-order valence-electron chi connectivity index (χ1n) is 42.8. The molecule has 0 aliphatic rings. The molecule has 0 aromatic heterocycles. The summed E-state index contributed by atoms with van der Waals surface area (Å²) in [5.74, 6) is -1.60. The minimum absolute atomic E-state index is 0.0849. The fourth-order valence-corrected chi connectivity index (χ4v) is 12.8. The highest BCUT2D eigenvalue weighted by atomic mass is 31.2. The molecule has 16 nitrogen and oxygen atoms in total. The predicted octanol–water partition coefficient (Wildman–Crippen LogP) is 25.8. The minimum Gasteiger partial charge on any atom is -0.463 e. The Bertz CT molecular complexity index is 2610. The van der Waals surface area contributed by atoms with Crippen molar-refractivity contribution in [2.24, 2.45) is 0 Å². The molecule has 109 heavy (non-hydrogen) atoms. The Morgan fingerprint density at radius 3 is 0.771 bits per heavy atom. The van der Waals surface area contributed by atoms with E-state index in [2.05, 4.69) is 179 Å². The fraction of sp³-hybridized carbons (Fsp3) is 0.681. The molecule has 0 radical (unpaired) electrons. The largest absolute Gasteiger partial charge is 0.472 e. The first kappa shape index (κ1) is 104. The highest BCUT2D eigenvalue weighted by Gasteiger charge is 2.29. The molecule has 0 aliphatic carbocycles. The second-order valence-electron chi connectivity index (χ2n) is 28.2. The van der Waals surface area contributed by atoms with E-state index in [4.69, 9.17) is 32.3 Å². The average molecular weight is 1570 g/mol. The number of phosphoric ester groups is 2. The van der Waals surface area contributed by atoms with Gasteiger partial charge in [0.2, 0.25) is 0 Å². The highest BCUT2D eigenvalue weighted by molar-refractivity contribution is 7.47. The van der Waals surface area contributed by atoms with Crippen molar-refractivity contribution in [2.45, 2.75) is 360 Å². The minimum atomic E-state index is -4.95. The Balaban J connectivity index is 4.63. The van der Waals surface area contributed by atoms with Crippen molar-refractivity contribution in [3.8, 4) is 0 Å². The molecule has 4 N–H and O–H groups in total. The standard InChI is InChI=1S/C91H154O16P2/c1-4-7-10-13-16-19-22-25-28-31-34-36-38-40-41-42-43-45-47-48-51-53-56-59-62-65-68-71-74-77-89(94)101-80-86(92)81-103-108(97,98)104-82-87(93)83-105-109(99,100)106-85-88(107-91(96)79-76-73-70-67-64-61-58-55-50-33-30-27-24-21-18-15-12-9-6-3)84-102-90(95)78-75-72-69-66-63-60-57-54-52-49-46-44-39-37-35-32-29-26-23-20-17-14-11-8-5-2/h7,10,16-21,25-30,34-37,40-41,43-46,50,55,86-88,92-93H,4-6,8-9,11-15,22-24,31-33,38-39,42,47-49,51-54,56-85H2,1-3H3,(H,97,98)(H,99,100)/b10-7-,19-16-,20-17-,21-18-,28-25-,29-26-,30-27-,36-34-,37-35-,41-40-,45-43-,46-44-,55-50-. The van der Waals surface area contributed by atoms with Crippen LogP contribution in [0, 0.1) is 0 Å². The maximum absolute atomic E-state index is 13.0. The topological polar surface area (TPSA) is 231 Å². The van der Waals surface area contributed by atoms with E-state index < -0.39 is 91.5 Å². The number of carbonyl (C=O) groups is 3. The second-order valence-corrected chi connectivity index (χ2v) is 31.2. The van der Waals surface area contributed by atoms with Gasteiger partial charge in [-0.05, 0) is 154 Å². The van der Waals surface area contributed by atoms with Gasteiger partial charge >= 0.3 is 33.6 Å². The molecule has 624 valence electrons. The van der Waals surface area contributed by atoms with E-state index in [9.17, 15) is 43.5 Å². The zero-order valence-electron chi connectivity index (χ0n) is 68.4. The van der Waals surface area contributed by atoms with Crippen LogP contribution in [0.3, 0.4) is 0 Å². The number of ether oxygens (including phenoxy) is 3. The number of allylic oxidation sites excluding steroid dienone is 26. The molecule has 0 amide bonds. The summed E-state index contributed by atoms with van der Waals surface area (Å²) in [5.41, 5.74) is 0. The third kappa shape index (κ3) is 83.9. The van der Waals surface area contributed by atoms with Gasteiger partial charge in [0, 0.05) is 19.3 Å². The molecular weight excluding hydrogens is 1410 g/mol. The first-order valence-corrected chi connectivity index (χ1v) is 45.8. The maximum Gasteiger partial charge on any atom is 0.472 e. The van der Waals surface area contributed by atoms with Crippen LogP contribution in [-0.4, -0.2) is 95.9 Å². The summed E-state index contributed by atoms with van der Waals surface area (Å²) in [6.07, 6.45) is 104. The lowest BCUT2D eigenvalue weighted by molar-refractivity contribution is -0.161. The number of hydrogen-bond acceptors (Lipinski definition) is 14. The van der Waals surface area contributed by atoms with Gasteiger partial charge in [0.1, 0.15) is 25.4 Å². The van der Waals surface area contributed by atoms with Crippen molar-refractivity contribution < 1.29 is 75.8 Å². The molecule has 0 spiro atoms. The zero-order valence-corrected chi connectivity index (χ0v) is 70.2. The number of aliphatic hydroxyl groups excluding tert-OH is 2. The summed E-state index contributed by atoms with van der Waals surface area (Å²) < 4.78 is 61.3. The Morgan fingerprint density at radius 1 is 0.266 bits per heavy atom. The van der Waals surface area contributed by atoms with Crippen LogP contribution >= 0.6 is 15.6 Å². The number of carbonyl (C=O) groups excluding carboxylic acids is 3. The monoisotopic (exact) mass is 1570 g/mol. The zero-order chi connectivity index (χ0) is 79.4. The van der Waals surface area contributed by atoms with Gasteiger partial charge in [0.25, 0.3) is 0 Å². The van der Waals surface area contributed by atoms with Crippen LogP contribution < -0.4 is 0 Å². The molecule has 5 unspecified atom stereocenters. The quantitative estimate of drug-likeness (QED) is 0.0146. The molecule has 0 saturated heterocycles. The van der Waals surface area contributed by atoms with E-state index >= 15 is 0 Å². The molecule has 0 fully saturated rings. The first-order chi connectivity index (χ1) is 53.2. The highest BCUT2D eigenvalue weighted by Crippen LogP contribution is 2.45. The third-order valence-corrected chi connectivity index (χ3v) is 19.6. The number of aliphatic hydroxyl groups is 2. The molecule has 0 aromatic rings. The van der Waals surface area contributed by atoms with Gasteiger partial charge in [0.05, 0.1) is 26.4 Å². The van der Waals surface area contributed by atoms with Crippen LogP contribution in [0.4, 0.5) is 0 Å². The Kier molecular flexibility index (Phi) is 79.0. The number of rotatable bonds is 80. The summed E-state index contributed by atoms with van der Waals surface area (Å²) in [4.78, 5) is 58.9. The fourth-order valence-electron chi connectivity index (χ4n) is 11.2. The Labute approximate surface area is 663 Å². The molecule has 0 bridgehead atoms. The smallest absolute Gasteiger partial charge is 0.463 e. The van der Waals surface area contributed by atoms with Crippen molar-refractivity contribution in [3.63, 3.8) is 0 Å². The van der Waals surface area contributed by atoms with Crippen LogP contribution in [0.1, 0.15) is 342 Å². The van der Waals surface area contributed by atoms with Crippen LogP contribution in [-0.2, 0) is 55.8 Å². The second kappa shape index (κ2) is 82.6. The van der Waals surface area contributed by atoms with Gasteiger partial charge in [-0.1, -0.05) is 326 Å². The molecule has 0 aliphatic heterocycles. The van der Waals surface area contributed by atoms with Gasteiger partial charge < -0.3 is 34.2 Å². The normalized spacial score (nSPS) is 14.7. The Morgan fingerprint density at radius 2 is 0.486 bits per heavy atom. The summed E-state index contributed by atoms with van der Waals surface area (Å²) >= 11 is 0. The van der Waals surface area contributed by atoms with Crippen LogP contribution in [0.5, 0.6) is 0 Å². The van der Waals surface area contributed by atoms with Crippen LogP contribution in [0.25, 0.3) is 0 Å². The molecular formula is C91H154O16P2. The Hall–Kier alpha value is -4.83. The van der Waals surface area contributed by atoms with Crippen molar-refractivity contribution in [2.75, 3.05) is 39.6 Å². The van der Waals surface area contributed by atoms with Crippen molar-refractivity contribution in [1.29, 1.82) is 0 Å². The number of esters is 3. The average Bonchev–Trinajstić information content (AvgIpc) is 0.902. The number of phosphoric acid groups is 2. The van der Waals surface area contributed by atoms with Crippen LogP contribution in [0.15, 0.2) is 158 Å². The van der Waals surface area contributed by atoms with E-state index in [0.717, 1.165) is 180 Å². The van der Waals surface area contributed by atoms with E-state index in [0.29, 0.717) is 19.3 Å². The van der Waals surface area contributed by atoms with Gasteiger partial charge in [-0.3, -0.25) is 32.5 Å². The van der Waals surface area contributed by atoms with E-state index in [1.165, 1.54) is 103 Å². The predicted molar refractivity (Wildman–Crippen MR) is 454 cm³/mol. The van der Waals surface area contributed by atoms with Gasteiger partial charge in [-0.25, -0.2) is 9.13 Å². The van der Waals surface area contributed by atoms with Crippen molar-refractivity contribution >= 4 is 33.6 Å².